The highest BCUT2D eigenvalue weighted by molar-refractivity contribution is 5.93. The molecule has 2 aliphatic rings. The molecule has 34 heavy (non-hydrogen) atoms. The number of rotatable bonds is 6. The summed E-state index contributed by atoms with van der Waals surface area (Å²) in [5.41, 5.74) is 2.54. The number of pyridine rings is 1. The van der Waals surface area contributed by atoms with Crippen LogP contribution in [0.5, 0.6) is 23.0 Å². The van der Waals surface area contributed by atoms with Gasteiger partial charge in [0.2, 0.25) is 0 Å². The van der Waals surface area contributed by atoms with Crippen LogP contribution in [0.3, 0.4) is 0 Å². The van der Waals surface area contributed by atoms with E-state index in [0.29, 0.717) is 46.7 Å². The molecule has 1 aliphatic heterocycles. The molecule has 0 atom stereocenters. The maximum absolute atomic E-state index is 15.2. The number of ether oxygens (including phenoxy) is 3. The van der Waals surface area contributed by atoms with E-state index in [0.717, 1.165) is 29.5 Å². The summed E-state index contributed by atoms with van der Waals surface area (Å²) in [5.74, 6) is 1.28. The number of carbonyl (C=O) groups is 1. The van der Waals surface area contributed by atoms with Gasteiger partial charge in [0, 0.05) is 40.8 Å². The number of amides is 1. The van der Waals surface area contributed by atoms with Crippen LogP contribution in [-0.2, 0) is 6.42 Å². The second-order valence-electron chi connectivity index (χ2n) is 8.88. The molecular formula is C25H22FN3O5. The highest BCUT2D eigenvalue weighted by atomic mass is 19.1. The number of nitrogens with zero attached hydrogens (tertiary/aromatic N) is 1. The van der Waals surface area contributed by atoms with Crippen molar-refractivity contribution in [1.29, 1.82) is 0 Å². The van der Waals surface area contributed by atoms with Crippen molar-refractivity contribution in [2.45, 2.75) is 31.7 Å². The van der Waals surface area contributed by atoms with Gasteiger partial charge in [-0.05, 0) is 44.0 Å². The third kappa shape index (κ3) is 3.44. The van der Waals surface area contributed by atoms with Crippen molar-refractivity contribution in [2.24, 2.45) is 0 Å². The van der Waals surface area contributed by atoms with E-state index in [4.69, 9.17) is 19.3 Å². The predicted molar refractivity (Wildman–Crippen MR) is 123 cm³/mol. The minimum absolute atomic E-state index is 0.127. The third-order valence-corrected chi connectivity index (χ3v) is 6.39. The third-order valence-electron chi connectivity index (χ3n) is 6.39. The number of fused-ring (bicyclic) bond motifs is 4. The van der Waals surface area contributed by atoms with Crippen LogP contribution in [0.4, 0.5) is 9.18 Å². The van der Waals surface area contributed by atoms with Gasteiger partial charge >= 0.3 is 6.09 Å². The van der Waals surface area contributed by atoms with Crippen LogP contribution in [0, 0.1) is 12.7 Å². The molecule has 3 N–H and O–H groups in total. The van der Waals surface area contributed by atoms with E-state index in [1.165, 1.54) is 0 Å². The Kier molecular flexibility index (Phi) is 4.55. The largest absolute Gasteiger partial charge is 0.489 e. The number of hydrogen-bond acceptors (Lipinski definition) is 5. The summed E-state index contributed by atoms with van der Waals surface area (Å²) in [5, 5.41) is 12.8. The first kappa shape index (κ1) is 20.6. The number of aromatic amines is 1. The molecule has 0 unspecified atom stereocenters. The first-order valence-corrected chi connectivity index (χ1v) is 11.1. The van der Waals surface area contributed by atoms with Crippen LogP contribution in [0.25, 0.3) is 21.8 Å². The molecule has 1 saturated carbocycles. The van der Waals surface area contributed by atoms with E-state index >= 15 is 4.39 Å². The van der Waals surface area contributed by atoms with Gasteiger partial charge in [-0.25, -0.2) is 9.18 Å². The van der Waals surface area contributed by atoms with E-state index in [-0.39, 0.29) is 12.4 Å². The van der Waals surface area contributed by atoms with Crippen molar-refractivity contribution in [2.75, 3.05) is 13.2 Å². The smallest absolute Gasteiger partial charge is 0.405 e. The Morgan fingerprint density at radius 3 is 2.91 bits per heavy atom. The van der Waals surface area contributed by atoms with Gasteiger partial charge in [0.05, 0.1) is 23.0 Å². The Labute approximate surface area is 193 Å². The summed E-state index contributed by atoms with van der Waals surface area (Å²) in [6.07, 6.45) is 2.62. The predicted octanol–water partition coefficient (Wildman–Crippen LogP) is 5.07. The lowest BCUT2D eigenvalue weighted by molar-refractivity contribution is 0.176. The van der Waals surface area contributed by atoms with Gasteiger partial charge in [0.25, 0.3) is 0 Å². The number of aryl methyl sites for hydroxylation is 1. The van der Waals surface area contributed by atoms with Crippen LogP contribution in [0.2, 0.25) is 0 Å². The molecule has 3 heterocycles. The van der Waals surface area contributed by atoms with Crippen LogP contribution in [0.1, 0.15) is 24.1 Å². The van der Waals surface area contributed by atoms with E-state index in [1.54, 1.807) is 36.5 Å². The zero-order valence-corrected chi connectivity index (χ0v) is 18.4. The van der Waals surface area contributed by atoms with E-state index in [2.05, 4.69) is 15.3 Å². The Balaban J connectivity index is 1.37. The molecular weight excluding hydrogens is 441 g/mol. The van der Waals surface area contributed by atoms with Gasteiger partial charge < -0.3 is 29.6 Å². The topological polar surface area (TPSA) is 106 Å². The summed E-state index contributed by atoms with van der Waals surface area (Å²) < 4.78 is 33.1. The Morgan fingerprint density at radius 2 is 2.12 bits per heavy atom. The number of benzene rings is 2. The lowest BCUT2D eigenvalue weighted by atomic mass is 10.0. The molecule has 1 aliphatic carbocycles. The molecule has 0 saturated heterocycles. The average molecular weight is 463 g/mol. The van der Waals surface area contributed by atoms with Crippen molar-refractivity contribution in [1.82, 2.24) is 15.3 Å². The van der Waals surface area contributed by atoms with E-state index in [9.17, 15) is 4.79 Å². The molecule has 4 aromatic rings. The highest BCUT2D eigenvalue weighted by Gasteiger charge is 2.45. The van der Waals surface area contributed by atoms with Crippen molar-refractivity contribution >= 4 is 27.9 Å². The summed E-state index contributed by atoms with van der Waals surface area (Å²) in [6.45, 7) is 2.56. The van der Waals surface area contributed by atoms with Crippen LogP contribution in [0.15, 0.2) is 36.5 Å². The number of H-pyrrole nitrogens is 1. The summed E-state index contributed by atoms with van der Waals surface area (Å²) in [6, 6.07) is 8.63. The molecule has 0 spiro atoms. The van der Waals surface area contributed by atoms with Gasteiger partial charge in [0.1, 0.15) is 12.4 Å². The molecule has 2 aromatic carbocycles. The number of aromatic nitrogens is 2. The summed E-state index contributed by atoms with van der Waals surface area (Å²) >= 11 is 0. The first-order chi connectivity index (χ1) is 16.4. The number of hydrogen-bond donors (Lipinski definition) is 3. The van der Waals surface area contributed by atoms with Crippen molar-refractivity contribution in [3.63, 3.8) is 0 Å². The second kappa shape index (κ2) is 7.51. The zero-order valence-electron chi connectivity index (χ0n) is 18.4. The standard InChI is InChI=1S/C25H22FN3O5/c1-13-10-15-16(28-13)2-3-19(22(15)26)34-18-4-8-27-17-11-20(23-14(21(17)18)5-9-32-23)33-12-25(6-7-25)29-24(30)31/h2-4,8,10-11,28-29H,5-7,9,12H2,1H3,(H,30,31). The Bertz CT molecular complexity index is 1460. The van der Waals surface area contributed by atoms with Crippen LogP contribution < -0.4 is 19.5 Å². The van der Waals surface area contributed by atoms with Gasteiger partial charge in [0.15, 0.2) is 23.1 Å². The fraction of sp³-hybridized carbons (Fsp3) is 0.280. The van der Waals surface area contributed by atoms with Crippen molar-refractivity contribution in [3.8, 4) is 23.0 Å². The molecule has 174 valence electrons. The Morgan fingerprint density at radius 1 is 1.26 bits per heavy atom. The molecule has 0 bridgehead atoms. The fourth-order valence-corrected chi connectivity index (χ4v) is 4.55. The number of halogens is 1. The summed E-state index contributed by atoms with van der Waals surface area (Å²) in [7, 11) is 0. The van der Waals surface area contributed by atoms with E-state index in [1.807, 2.05) is 6.92 Å². The minimum atomic E-state index is -1.07. The number of nitrogens with one attached hydrogen (secondary N) is 2. The lowest BCUT2D eigenvalue weighted by Crippen LogP contribution is -2.40. The molecule has 8 nitrogen and oxygen atoms in total. The monoisotopic (exact) mass is 463 g/mol. The van der Waals surface area contributed by atoms with Gasteiger partial charge in [-0.15, -0.1) is 0 Å². The van der Waals surface area contributed by atoms with Crippen LogP contribution >= 0.6 is 0 Å². The molecule has 2 aromatic heterocycles. The van der Waals surface area contributed by atoms with Gasteiger partial charge in [-0.3, -0.25) is 4.98 Å². The van der Waals surface area contributed by atoms with E-state index < -0.39 is 17.4 Å². The molecule has 1 amide bonds. The van der Waals surface area contributed by atoms with Crippen LogP contribution in [-0.4, -0.2) is 39.9 Å². The summed E-state index contributed by atoms with van der Waals surface area (Å²) in [4.78, 5) is 18.7. The molecule has 9 heteroatoms. The fourth-order valence-electron chi connectivity index (χ4n) is 4.55. The molecule has 1 fully saturated rings. The molecule has 6 rings (SSSR count). The number of carboxylic acid groups (broad SMARTS) is 1. The van der Waals surface area contributed by atoms with Gasteiger partial charge in [-0.2, -0.15) is 0 Å². The normalized spacial score (nSPS) is 15.7. The lowest BCUT2D eigenvalue weighted by Gasteiger charge is -2.19. The average Bonchev–Trinajstić information content (AvgIpc) is 3.19. The minimum Gasteiger partial charge on any atom is -0.489 e. The molecule has 0 radical (unpaired) electrons. The SMILES string of the molecule is Cc1cc2c(F)c(Oc3ccnc4cc(OCC5(NC(=O)O)CC5)c5c(c34)CCO5)ccc2[nH]1. The second-order valence-corrected chi connectivity index (χ2v) is 8.88. The Hall–Kier alpha value is -4.01. The maximum Gasteiger partial charge on any atom is 0.405 e. The maximum atomic E-state index is 15.2. The highest BCUT2D eigenvalue weighted by Crippen LogP contribution is 2.46. The van der Waals surface area contributed by atoms with Crippen molar-refractivity contribution in [3.05, 3.63) is 53.6 Å². The first-order valence-electron chi connectivity index (χ1n) is 11.1. The quantitative estimate of drug-likeness (QED) is 0.369. The van der Waals surface area contributed by atoms with Gasteiger partial charge in [-0.1, -0.05) is 0 Å². The zero-order chi connectivity index (χ0) is 23.4. The van der Waals surface area contributed by atoms with Crippen molar-refractivity contribution < 1.29 is 28.5 Å².